The van der Waals surface area contributed by atoms with Crippen molar-refractivity contribution >= 4 is 5.91 Å². The Morgan fingerprint density at radius 1 is 1.32 bits per heavy atom. The van der Waals surface area contributed by atoms with E-state index in [0.717, 1.165) is 31.4 Å². The molecule has 114 valence electrons. The summed E-state index contributed by atoms with van der Waals surface area (Å²) in [7, 11) is 0. The predicted molar refractivity (Wildman–Crippen MR) is 81.5 cm³/mol. The second-order valence-electron chi connectivity index (χ2n) is 6.12. The third-order valence-corrected chi connectivity index (χ3v) is 4.56. The van der Waals surface area contributed by atoms with Crippen molar-refractivity contribution in [2.75, 3.05) is 0 Å². The summed E-state index contributed by atoms with van der Waals surface area (Å²) in [6.07, 6.45) is 9.21. The molecule has 0 saturated carbocycles. The molecule has 1 amide bonds. The van der Waals surface area contributed by atoms with Gasteiger partial charge in [-0.1, -0.05) is 12.1 Å². The van der Waals surface area contributed by atoms with Crippen molar-refractivity contribution in [2.24, 2.45) is 0 Å². The molecule has 1 aromatic heterocycles. The van der Waals surface area contributed by atoms with E-state index in [1.165, 1.54) is 0 Å². The Morgan fingerprint density at radius 2 is 2.18 bits per heavy atom. The van der Waals surface area contributed by atoms with Crippen molar-refractivity contribution < 1.29 is 9.53 Å². The molecule has 2 aliphatic heterocycles. The quantitative estimate of drug-likeness (QED) is 0.939. The van der Waals surface area contributed by atoms with E-state index in [-0.39, 0.29) is 18.1 Å². The first-order valence-corrected chi connectivity index (χ1v) is 7.79. The normalized spacial score (nSPS) is 26.3. The number of benzene rings is 1. The average molecular weight is 297 g/mol. The third-order valence-electron chi connectivity index (χ3n) is 4.56. The SMILES string of the molecule is O=C(N[C@@H]1C[C@H]2CC[C@H]1O2)c1ccc(Cn2ccnc2)cc1. The topological polar surface area (TPSA) is 56.1 Å². The molecule has 2 aromatic rings. The van der Waals surface area contributed by atoms with Gasteiger partial charge in [-0.25, -0.2) is 4.98 Å². The summed E-state index contributed by atoms with van der Waals surface area (Å²) in [4.78, 5) is 16.4. The molecule has 0 radical (unpaired) electrons. The number of ether oxygens (including phenoxy) is 1. The van der Waals surface area contributed by atoms with Crippen LogP contribution in [-0.4, -0.2) is 33.7 Å². The highest BCUT2D eigenvalue weighted by molar-refractivity contribution is 5.94. The zero-order valence-electron chi connectivity index (χ0n) is 12.3. The van der Waals surface area contributed by atoms with Crippen molar-refractivity contribution in [1.82, 2.24) is 14.9 Å². The minimum Gasteiger partial charge on any atom is -0.373 e. The van der Waals surface area contributed by atoms with Gasteiger partial charge < -0.3 is 14.6 Å². The fourth-order valence-electron chi connectivity index (χ4n) is 3.39. The molecule has 22 heavy (non-hydrogen) atoms. The van der Waals surface area contributed by atoms with Crippen LogP contribution < -0.4 is 5.32 Å². The number of carbonyl (C=O) groups is 1. The summed E-state index contributed by atoms with van der Waals surface area (Å²) in [6, 6.07) is 7.93. The first-order chi connectivity index (χ1) is 10.8. The number of nitrogens with zero attached hydrogens (tertiary/aromatic N) is 2. The molecule has 0 aliphatic carbocycles. The van der Waals surface area contributed by atoms with Gasteiger partial charge in [-0.05, 0) is 37.0 Å². The van der Waals surface area contributed by atoms with E-state index in [2.05, 4.69) is 10.3 Å². The fourth-order valence-corrected chi connectivity index (χ4v) is 3.39. The first kappa shape index (κ1) is 13.5. The summed E-state index contributed by atoms with van der Waals surface area (Å²) in [5.41, 5.74) is 1.86. The number of hydrogen-bond donors (Lipinski definition) is 1. The van der Waals surface area contributed by atoms with Crippen molar-refractivity contribution in [3.05, 3.63) is 54.1 Å². The van der Waals surface area contributed by atoms with E-state index in [0.29, 0.717) is 11.7 Å². The lowest BCUT2D eigenvalue weighted by atomic mass is 9.95. The van der Waals surface area contributed by atoms with Crippen LogP contribution >= 0.6 is 0 Å². The number of carbonyl (C=O) groups excluding carboxylic acids is 1. The molecule has 1 aromatic carbocycles. The molecule has 5 heteroatoms. The van der Waals surface area contributed by atoms with Crippen LogP contribution in [0.3, 0.4) is 0 Å². The summed E-state index contributed by atoms with van der Waals surface area (Å²) in [5, 5.41) is 3.11. The zero-order valence-corrected chi connectivity index (χ0v) is 12.3. The van der Waals surface area contributed by atoms with E-state index >= 15 is 0 Å². The van der Waals surface area contributed by atoms with Gasteiger partial charge in [0, 0.05) is 24.5 Å². The maximum Gasteiger partial charge on any atom is 0.251 e. The molecule has 1 N–H and O–H groups in total. The van der Waals surface area contributed by atoms with Crippen molar-refractivity contribution in [3.63, 3.8) is 0 Å². The molecule has 3 atom stereocenters. The summed E-state index contributed by atoms with van der Waals surface area (Å²) < 4.78 is 7.78. The number of amides is 1. The largest absolute Gasteiger partial charge is 0.373 e. The van der Waals surface area contributed by atoms with Crippen molar-refractivity contribution in [1.29, 1.82) is 0 Å². The Morgan fingerprint density at radius 3 is 2.82 bits per heavy atom. The lowest BCUT2D eigenvalue weighted by Gasteiger charge is -2.20. The van der Waals surface area contributed by atoms with Crippen LogP contribution in [0, 0.1) is 0 Å². The van der Waals surface area contributed by atoms with Crippen LogP contribution in [-0.2, 0) is 11.3 Å². The predicted octanol–water partition coefficient (Wildman–Crippen LogP) is 1.98. The Kier molecular flexibility index (Phi) is 3.42. The molecule has 0 spiro atoms. The van der Waals surface area contributed by atoms with Crippen LogP contribution in [0.5, 0.6) is 0 Å². The number of hydrogen-bond acceptors (Lipinski definition) is 3. The van der Waals surface area contributed by atoms with Gasteiger partial charge in [0.1, 0.15) is 0 Å². The number of fused-ring (bicyclic) bond motifs is 2. The molecule has 4 rings (SSSR count). The Balaban J connectivity index is 1.38. The Bertz CT molecular complexity index is 651. The zero-order chi connectivity index (χ0) is 14.9. The van der Waals surface area contributed by atoms with Gasteiger partial charge >= 0.3 is 0 Å². The van der Waals surface area contributed by atoms with Crippen molar-refractivity contribution in [2.45, 2.75) is 44.1 Å². The lowest BCUT2D eigenvalue weighted by Crippen LogP contribution is -2.41. The minimum atomic E-state index is -0.00432. The van der Waals surface area contributed by atoms with Gasteiger partial charge in [0.05, 0.1) is 24.6 Å². The van der Waals surface area contributed by atoms with Crippen LogP contribution in [0.1, 0.15) is 35.2 Å². The summed E-state index contributed by atoms with van der Waals surface area (Å²) >= 11 is 0. The van der Waals surface area contributed by atoms with E-state index in [1.807, 2.05) is 35.0 Å². The number of aromatic nitrogens is 2. The van der Waals surface area contributed by atoms with Gasteiger partial charge in [-0.2, -0.15) is 0 Å². The molecule has 2 aliphatic rings. The highest BCUT2D eigenvalue weighted by Crippen LogP contribution is 2.34. The van der Waals surface area contributed by atoms with Gasteiger partial charge in [-0.15, -0.1) is 0 Å². The van der Waals surface area contributed by atoms with Crippen molar-refractivity contribution in [3.8, 4) is 0 Å². The first-order valence-electron chi connectivity index (χ1n) is 7.79. The van der Waals surface area contributed by atoms with Crippen LogP contribution in [0.4, 0.5) is 0 Å². The van der Waals surface area contributed by atoms with Gasteiger partial charge in [0.15, 0.2) is 0 Å². The molecule has 3 heterocycles. The minimum absolute atomic E-state index is 0.00432. The monoisotopic (exact) mass is 297 g/mol. The van der Waals surface area contributed by atoms with E-state index < -0.39 is 0 Å². The van der Waals surface area contributed by atoms with E-state index in [4.69, 9.17) is 4.74 Å². The fraction of sp³-hybridized carbons (Fsp3) is 0.412. The van der Waals surface area contributed by atoms with Crippen LogP contribution in [0.15, 0.2) is 43.0 Å². The standard InChI is InChI=1S/C17H19N3O2/c21-17(19-15-9-14-5-6-16(15)22-14)13-3-1-12(2-4-13)10-20-8-7-18-11-20/h1-4,7-8,11,14-16H,5-6,9-10H2,(H,19,21)/t14-,15-,16-/m1/s1. The maximum atomic E-state index is 12.3. The molecule has 2 saturated heterocycles. The summed E-state index contributed by atoms with van der Waals surface area (Å²) in [6.45, 7) is 0.766. The highest BCUT2D eigenvalue weighted by Gasteiger charge is 2.41. The smallest absolute Gasteiger partial charge is 0.251 e. The molecule has 5 nitrogen and oxygen atoms in total. The number of rotatable bonds is 4. The molecular weight excluding hydrogens is 278 g/mol. The average Bonchev–Trinajstić information content (AvgIpc) is 3.25. The van der Waals surface area contributed by atoms with Gasteiger partial charge in [0.2, 0.25) is 0 Å². The molecule has 2 fully saturated rings. The Labute approximate surface area is 129 Å². The van der Waals surface area contributed by atoms with E-state index in [9.17, 15) is 4.79 Å². The third kappa shape index (κ3) is 2.64. The highest BCUT2D eigenvalue weighted by atomic mass is 16.5. The van der Waals surface area contributed by atoms with Crippen LogP contribution in [0.2, 0.25) is 0 Å². The number of imidazole rings is 1. The lowest BCUT2D eigenvalue weighted by molar-refractivity contribution is 0.0841. The van der Waals surface area contributed by atoms with Gasteiger partial charge in [0.25, 0.3) is 5.91 Å². The molecule has 2 bridgehead atoms. The van der Waals surface area contributed by atoms with E-state index in [1.54, 1.807) is 12.5 Å². The van der Waals surface area contributed by atoms with Gasteiger partial charge in [-0.3, -0.25) is 4.79 Å². The second kappa shape index (κ2) is 5.57. The molecule has 0 unspecified atom stereocenters. The molecular formula is C17H19N3O2. The Hall–Kier alpha value is -2.14. The number of nitrogens with one attached hydrogen (secondary N) is 1. The maximum absolute atomic E-state index is 12.3. The second-order valence-corrected chi connectivity index (χ2v) is 6.12. The summed E-state index contributed by atoms with van der Waals surface area (Å²) in [5.74, 6) is -0.00432. The van der Waals surface area contributed by atoms with Crippen LogP contribution in [0.25, 0.3) is 0 Å².